The highest BCUT2D eigenvalue weighted by Crippen LogP contribution is 2.33. The van der Waals surface area contributed by atoms with E-state index in [-0.39, 0.29) is 31.0 Å². The van der Waals surface area contributed by atoms with E-state index in [9.17, 15) is 14.0 Å². The van der Waals surface area contributed by atoms with Gasteiger partial charge in [0, 0.05) is 25.6 Å². The first kappa shape index (κ1) is 22.9. The average molecular weight is 410 g/mol. The third-order valence-electron chi connectivity index (χ3n) is 4.90. The van der Waals surface area contributed by atoms with Crippen molar-refractivity contribution >= 4 is 12.2 Å². The number of hydrogen-bond acceptors (Lipinski definition) is 5. The number of hydrogen-bond donors (Lipinski definition) is 1. The van der Waals surface area contributed by atoms with Crippen molar-refractivity contribution in [3.8, 4) is 0 Å². The third-order valence-corrected chi connectivity index (χ3v) is 4.90. The lowest BCUT2D eigenvalue weighted by Crippen LogP contribution is -2.42. The van der Waals surface area contributed by atoms with Crippen LogP contribution in [-0.2, 0) is 14.2 Å². The van der Waals surface area contributed by atoms with Crippen LogP contribution in [0.4, 0.5) is 14.0 Å². The Bertz CT molecular complexity index is 658. The molecule has 0 saturated carbocycles. The lowest BCUT2D eigenvalue weighted by molar-refractivity contribution is -0.0145. The van der Waals surface area contributed by atoms with Gasteiger partial charge in [-0.25, -0.2) is 14.0 Å². The zero-order valence-electron chi connectivity index (χ0n) is 17.2. The number of amides is 2. The summed E-state index contributed by atoms with van der Waals surface area (Å²) >= 11 is 0. The Morgan fingerprint density at radius 2 is 2.17 bits per heavy atom. The maximum absolute atomic E-state index is 13.8. The zero-order valence-corrected chi connectivity index (χ0v) is 17.2. The van der Waals surface area contributed by atoms with Gasteiger partial charge < -0.3 is 24.4 Å². The van der Waals surface area contributed by atoms with Crippen LogP contribution in [0.5, 0.6) is 0 Å². The van der Waals surface area contributed by atoms with Crippen LogP contribution < -0.4 is 5.32 Å². The van der Waals surface area contributed by atoms with Crippen LogP contribution in [0.1, 0.15) is 44.3 Å². The van der Waals surface area contributed by atoms with Gasteiger partial charge in [-0.2, -0.15) is 0 Å². The number of halogens is 1. The third kappa shape index (κ3) is 7.53. The fraction of sp³-hybridized carbons (Fsp3) is 0.619. The topological polar surface area (TPSA) is 77.1 Å². The summed E-state index contributed by atoms with van der Waals surface area (Å²) in [5.74, 6) is -0.335. The molecule has 29 heavy (non-hydrogen) atoms. The second-order valence-electron chi connectivity index (χ2n) is 7.08. The Hall–Kier alpha value is -2.35. The highest BCUT2D eigenvalue weighted by molar-refractivity contribution is 5.67. The molecule has 1 aliphatic heterocycles. The number of piperidine rings is 1. The lowest BCUT2D eigenvalue weighted by atomic mass is 9.88. The predicted octanol–water partition coefficient (Wildman–Crippen LogP) is 3.89. The maximum Gasteiger partial charge on any atom is 0.409 e. The van der Waals surface area contributed by atoms with E-state index in [1.807, 2.05) is 13.0 Å². The molecule has 2 amide bonds. The van der Waals surface area contributed by atoms with Gasteiger partial charge in [-0.05, 0) is 37.0 Å². The van der Waals surface area contributed by atoms with Crippen LogP contribution in [0.3, 0.4) is 0 Å². The first-order chi connectivity index (χ1) is 14.0. The molecule has 0 aromatic heterocycles. The van der Waals surface area contributed by atoms with Crippen molar-refractivity contribution in [3.63, 3.8) is 0 Å². The summed E-state index contributed by atoms with van der Waals surface area (Å²) < 4.78 is 29.7. The quantitative estimate of drug-likeness (QED) is 0.625. The van der Waals surface area contributed by atoms with Crippen molar-refractivity contribution in [3.05, 3.63) is 35.6 Å². The molecule has 1 N–H and O–H groups in total. The van der Waals surface area contributed by atoms with E-state index in [1.165, 1.54) is 19.2 Å². The fourth-order valence-electron chi connectivity index (χ4n) is 3.42. The number of nitrogens with zero attached hydrogens (tertiary/aromatic N) is 1. The Labute approximate surface area is 171 Å². The fourth-order valence-corrected chi connectivity index (χ4v) is 3.42. The van der Waals surface area contributed by atoms with Crippen LogP contribution >= 0.6 is 0 Å². The normalized spacial score (nSPS) is 17.5. The molecule has 1 aromatic rings. The van der Waals surface area contributed by atoms with Crippen molar-refractivity contribution in [2.75, 3.05) is 40.0 Å². The number of nitrogens with one attached hydrogen (secondary N) is 1. The zero-order chi connectivity index (χ0) is 21.1. The molecule has 2 unspecified atom stereocenters. The summed E-state index contributed by atoms with van der Waals surface area (Å²) in [6, 6.07) is 6.31. The second kappa shape index (κ2) is 12.3. The molecule has 1 aromatic carbocycles. The van der Waals surface area contributed by atoms with Crippen LogP contribution in [-0.4, -0.2) is 57.0 Å². The Morgan fingerprint density at radius 1 is 1.34 bits per heavy atom. The summed E-state index contributed by atoms with van der Waals surface area (Å²) in [5, 5.41) is 2.56. The molecular weight excluding hydrogens is 379 g/mol. The van der Waals surface area contributed by atoms with Crippen molar-refractivity contribution in [2.45, 2.75) is 38.7 Å². The molecule has 0 spiro atoms. The number of carbonyl (C=O) groups excluding carboxylic acids is 2. The van der Waals surface area contributed by atoms with Gasteiger partial charge in [0.1, 0.15) is 5.82 Å². The van der Waals surface area contributed by atoms with Crippen LogP contribution in [0.15, 0.2) is 24.3 Å². The van der Waals surface area contributed by atoms with E-state index in [2.05, 4.69) is 10.1 Å². The summed E-state index contributed by atoms with van der Waals surface area (Å²) in [4.78, 5) is 25.2. The number of benzene rings is 1. The van der Waals surface area contributed by atoms with E-state index < -0.39 is 12.2 Å². The van der Waals surface area contributed by atoms with Gasteiger partial charge >= 0.3 is 12.2 Å². The minimum Gasteiger partial charge on any atom is -0.453 e. The molecule has 0 bridgehead atoms. The van der Waals surface area contributed by atoms with Crippen molar-refractivity contribution in [1.29, 1.82) is 0 Å². The number of methoxy groups -OCH3 is 1. The number of alkyl carbamates (subject to hydrolysis) is 1. The Balaban J connectivity index is 2.02. The smallest absolute Gasteiger partial charge is 0.409 e. The second-order valence-corrected chi connectivity index (χ2v) is 7.08. The largest absolute Gasteiger partial charge is 0.453 e. The molecule has 2 atom stereocenters. The maximum atomic E-state index is 13.8. The molecule has 1 fully saturated rings. The molecule has 7 nitrogen and oxygen atoms in total. The van der Waals surface area contributed by atoms with E-state index in [1.54, 1.807) is 11.0 Å². The van der Waals surface area contributed by atoms with E-state index in [0.29, 0.717) is 25.3 Å². The summed E-state index contributed by atoms with van der Waals surface area (Å²) in [6.45, 7) is 4.10. The van der Waals surface area contributed by atoms with Crippen LogP contribution in [0.2, 0.25) is 0 Å². The van der Waals surface area contributed by atoms with E-state index >= 15 is 0 Å². The van der Waals surface area contributed by atoms with E-state index in [4.69, 9.17) is 9.47 Å². The first-order valence-electron chi connectivity index (χ1n) is 10.2. The molecule has 1 aliphatic rings. The van der Waals surface area contributed by atoms with Crippen LogP contribution in [0, 0.1) is 11.7 Å². The molecule has 8 heteroatoms. The number of carbonyl (C=O) groups is 2. The number of unbranched alkanes of at least 4 members (excludes halogenated alkanes) is 1. The van der Waals surface area contributed by atoms with Gasteiger partial charge in [0.25, 0.3) is 0 Å². The number of ether oxygens (including phenoxy) is 3. The number of likely N-dealkylation sites (tertiary alicyclic amines) is 1. The molecule has 0 aliphatic carbocycles. The first-order valence-corrected chi connectivity index (χ1v) is 10.2. The molecule has 1 heterocycles. The van der Waals surface area contributed by atoms with Gasteiger partial charge in [0.2, 0.25) is 0 Å². The van der Waals surface area contributed by atoms with Crippen molar-refractivity contribution in [2.24, 2.45) is 5.92 Å². The predicted molar refractivity (Wildman–Crippen MR) is 106 cm³/mol. The summed E-state index contributed by atoms with van der Waals surface area (Å²) in [5.41, 5.74) is 0.717. The van der Waals surface area contributed by atoms with Gasteiger partial charge in [-0.15, -0.1) is 0 Å². The standard InChI is InChI=1S/C21H31FN2O5/c1-3-4-12-29-21(26)24-11-6-8-17(15-24)19(16-7-5-9-18(22)14-16)28-13-10-23-20(25)27-2/h5,7,9,14,17,19H,3-4,6,8,10-13,15H2,1-2H3,(H,23,25). The SMILES string of the molecule is CCCCOC(=O)N1CCCC(C(OCCNC(=O)OC)c2cccc(F)c2)C1. The van der Waals surface area contributed by atoms with Gasteiger partial charge in [-0.3, -0.25) is 0 Å². The molecular formula is C21H31FN2O5. The Morgan fingerprint density at radius 3 is 2.90 bits per heavy atom. The molecule has 2 rings (SSSR count). The average Bonchev–Trinajstić information content (AvgIpc) is 2.73. The highest BCUT2D eigenvalue weighted by Gasteiger charge is 2.32. The minimum atomic E-state index is -0.533. The van der Waals surface area contributed by atoms with Crippen molar-refractivity contribution in [1.82, 2.24) is 10.2 Å². The van der Waals surface area contributed by atoms with Gasteiger partial charge in [0.15, 0.2) is 0 Å². The minimum absolute atomic E-state index is 0.00222. The molecule has 0 radical (unpaired) electrons. The van der Waals surface area contributed by atoms with Gasteiger partial charge in [0.05, 0.1) is 26.4 Å². The van der Waals surface area contributed by atoms with Gasteiger partial charge in [-0.1, -0.05) is 25.5 Å². The van der Waals surface area contributed by atoms with Crippen molar-refractivity contribution < 1.29 is 28.2 Å². The Kier molecular flexibility index (Phi) is 9.70. The summed E-state index contributed by atoms with van der Waals surface area (Å²) in [6.07, 6.45) is 2.24. The lowest BCUT2D eigenvalue weighted by Gasteiger charge is -2.36. The summed E-state index contributed by atoms with van der Waals surface area (Å²) in [7, 11) is 1.29. The number of rotatable bonds is 9. The van der Waals surface area contributed by atoms with E-state index in [0.717, 1.165) is 25.7 Å². The highest BCUT2D eigenvalue weighted by atomic mass is 19.1. The molecule has 162 valence electrons. The monoisotopic (exact) mass is 410 g/mol. The molecule has 1 saturated heterocycles. The van der Waals surface area contributed by atoms with Crippen LogP contribution in [0.25, 0.3) is 0 Å².